The van der Waals surface area contributed by atoms with Gasteiger partial charge in [0.1, 0.15) is 0 Å². The lowest BCUT2D eigenvalue weighted by atomic mass is 9.80. The van der Waals surface area contributed by atoms with E-state index in [-0.39, 0.29) is 18.9 Å². The molecule has 0 unspecified atom stereocenters. The summed E-state index contributed by atoms with van der Waals surface area (Å²) in [5.74, 6) is -0.533. The van der Waals surface area contributed by atoms with E-state index in [1.807, 2.05) is 18.2 Å². The molecule has 2 N–H and O–H groups in total. The van der Waals surface area contributed by atoms with Crippen LogP contribution in [0.1, 0.15) is 50.2 Å². The second-order valence-electron chi connectivity index (χ2n) is 6.90. The standard InChI is InChI=1S/C20H27NO4/c1-15(2)17-8-6-16(7-9-17)4-3-5-18(22)21-14-20(19(23)24)10-12-25-13-11-20/h3-4,6-9,15H,5,10-14H2,1-2H3,(H,21,22)(H,23,24)/b4-3+. The number of benzene rings is 1. The number of carbonyl (C=O) groups excluding carboxylic acids is 1. The topological polar surface area (TPSA) is 75.6 Å². The highest BCUT2D eigenvalue weighted by Gasteiger charge is 2.40. The predicted molar refractivity (Wildman–Crippen MR) is 97.3 cm³/mol. The third kappa shape index (κ3) is 5.43. The first-order valence-corrected chi connectivity index (χ1v) is 8.77. The molecule has 5 heteroatoms. The Balaban J connectivity index is 1.82. The second kappa shape index (κ2) is 8.81. The molecule has 0 aliphatic carbocycles. The van der Waals surface area contributed by atoms with Crippen LogP contribution in [0, 0.1) is 5.41 Å². The monoisotopic (exact) mass is 345 g/mol. The third-order valence-corrected chi connectivity index (χ3v) is 4.74. The first kappa shape index (κ1) is 19.2. The summed E-state index contributed by atoms with van der Waals surface area (Å²) in [4.78, 5) is 23.5. The van der Waals surface area contributed by atoms with Crippen LogP contribution in [0.15, 0.2) is 30.3 Å². The minimum absolute atomic E-state index is 0.154. The molecule has 2 rings (SSSR count). The van der Waals surface area contributed by atoms with Crippen LogP contribution in [0.2, 0.25) is 0 Å². The summed E-state index contributed by atoms with van der Waals surface area (Å²) >= 11 is 0. The summed E-state index contributed by atoms with van der Waals surface area (Å²) in [6, 6.07) is 8.24. The van der Waals surface area contributed by atoms with Gasteiger partial charge in [0, 0.05) is 26.2 Å². The molecule has 0 saturated carbocycles. The van der Waals surface area contributed by atoms with Crippen LogP contribution in [0.25, 0.3) is 6.08 Å². The summed E-state index contributed by atoms with van der Waals surface area (Å²) in [6.45, 7) is 5.30. The summed E-state index contributed by atoms with van der Waals surface area (Å²) in [7, 11) is 0. The van der Waals surface area contributed by atoms with Crippen molar-refractivity contribution in [2.45, 2.75) is 39.0 Å². The van der Waals surface area contributed by atoms with Crippen molar-refractivity contribution in [1.29, 1.82) is 0 Å². The van der Waals surface area contributed by atoms with Gasteiger partial charge in [-0.3, -0.25) is 9.59 Å². The number of amides is 1. The maximum Gasteiger partial charge on any atom is 0.311 e. The lowest BCUT2D eigenvalue weighted by Crippen LogP contribution is -2.46. The number of nitrogens with one attached hydrogen (secondary N) is 1. The molecule has 0 bridgehead atoms. The fraction of sp³-hybridized carbons (Fsp3) is 0.500. The van der Waals surface area contributed by atoms with E-state index < -0.39 is 11.4 Å². The highest BCUT2D eigenvalue weighted by molar-refractivity contribution is 5.80. The van der Waals surface area contributed by atoms with Crippen LogP contribution in [0.3, 0.4) is 0 Å². The van der Waals surface area contributed by atoms with E-state index in [4.69, 9.17) is 4.74 Å². The molecule has 1 saturated heterocycles. The Bertz CT molecular complexity index is 613. The largest absolute Gasteiger partial charge is 0.481 e. The number of carbonyl (C=O) groups is 2. The molecule has 5 nitrogen and oxygen atoms in total. The zero-order valence-corrected chi connectivity index (χ0v) is 15.0. The van der Waals surface area contributed by atoms with Crippen molar-refractivity contribution in [1.82, 2.24) is 5.32 Å². The SMILES string of the molecule is CC(C)c1ccc(/C=C/CC(=O)NCC2(C(=O)O)CCOCC2)cc1. The van der Waals surface area contributed by atoms with Gasteiger partial charge in [-0.15, -0.1) is 0 Å². The fourth-order valence-electron chi connectivity index (χ4n) is 2.86. The number of carboxylic acid groups (broad SMARTS) is 1. The molecule has 1 aliphatic rings. The summed E-state index contributed by atoms with van der Waals surface area (Å²) in [5, 5.41) is 12.2. The lowest BCUT2D eigenvalue weighted by Gasteiger charge is -2.33. The molecule has 1 amide bonds. The molecule has 136 valence electrons. The van der Waals surface area contributed by atoms with Gasteiger partial charge in [-0.2, -0.15) is 0 Å². The molecule has 1 heterocycles. The molecule has 0 radical (unpaired) electrons. The van der Waals surface area contributed by atoms with Crippen molar-refractivity contribution in [3.63, 3.8) is 0 Å². The quantitative estimate of drug-likeness (QED) is 0.796. The molecule has 0 spiro atoms. The first-order valence-electron chi connectivity index (χ1n) is 8.77. The molecular weight excluding hydrogens is 318 g/mol. The Morgan fingerprint density at radius 2 is 1.88 bits per heavy atom. The van der Waals surface area contributed by atoms with E-state index in [1.165, 1.54) is 5.56 Å². The number of ether oxygens (including phenoxy) is 1. The van der Waals surface area contributed by atoms with Gasteiger partial charge in [0.05, 0.1) is 5.41 Å². The van der Waals surface area contributed by atoms with Crippen molar-refractivity contribution in [3.8, 4) is 0 Å². The summed E-state index contributed by atoms with van der Waals surface area (Å²) in [5.41, 5.74) is 1.43. The average molecular weight is 345 g/mol. The van der Waals surface area contributed by atoms with Crippen molar-refractivity contribution in [2.75, 3.05) is 19.8 Å². The van der Waals surface area contributed by atoms with Crippen LogP contribution in [-0.4, -0.2) is 36.7 Å². The summed E-state index contributed by atoms with van der Waals surface area (Å²) < 4.78 is 5.23. The van der Waals surface area contributed by atoms with Gasteiger partial charge in [-0.1, -0.05) is 50.3 Å². The van der Waals surface area contributed by atoms with E-state index in [1.54, 1.807) is 6.08 Å². The van der Waals surface area contributed by atoms with Gasteiger partial charge in [-0.25, -0.2) is 0 Å². The molecule has 0 atom stereocenters. The van der Waals surface area contributed by atoms with E-state index in [0.717, 1.165) is 5.56 Å². The Morgan fingerprint density at radius 1 is 1.24 bits per heavy atom. The summed E-state index contributed by atoms with van der Waals surface area (Å²) in [6.07, 6.45) is 4.81. The fourth-order valence-corrected chi connectivity index (χ4v) is 2.86. The number of rotatable bonds is 7. The smallest absolute Gasteiger partial charge is 0.311 e. The predicted octanol–water partition coefficient (Wildman–Crippen LogP) is 3.21. The Morgan fingerprint density at radius 3 is 2.44 bits per heavy atom. The molecule has 1 aromatic carbocycles. The van der Waals surface area contributed by atoms with Gasteiger partial charge < -0.3 is 15.2 Å². The van der Waals surface area contributed by atoms with Crippen LogP contribution in [-0.2, 0) is 14.3 Å². The molecule has 1 aromatic rings. The van der Waals surface area contributed by atoms with Crippen LogP contribution >= 0.6 is 0 Å². The normalized spacial score (nSPS) is 16.9. The van der Waals surface area contributed by atoms with Crippen molar-refractivity contribution in [2.24, 2.45) is 5.41 Å². The molecule has 1 aliphatic heterocycles. The lowest BCUT2D eigenvalue weighted by molar-refractivity contribution is -0.154. The first-order chi connectivity index (χ1) is 11.9. The van der Waals surface area contributed by atoms with Crippen LogP contribution < -0.4 is 5.32 Å². The van der Waals surface area contributed by atoms with Gasteiger partial charge in [0.25, 0.3) is 0 Å². The van der Waals surface area contributed by atoms with E-state index in [0.29, 0.717) is 32.0 Å². The van der Waals surface area contributed by atoms with Crippen molar-refractivity contribution in [3.05, 3.63) is 41.5 Å². The van der Waals surface area contributed by atoms with Gasteiger partial charge in [-0.05, 0) is 29.9 Å². The number of hydrogen-bond acceptors (Lipinski definition) is 3. The highest BCUT2D eigenvalue weighted by atomic mass is 16.5. The minimum atomic E-state index is -0.899. The Kier molecular flexibility index (Phi) is 6.76. The zero-order valence-electron chi connectivity index (χ0n) is 15.0. The number of carboxylic acids is 1. The van der Waals surface area contributed by atoms with E-state index in [2.05, 4.69) is 31.3 Å². The average Bonchev–Trinajstić information content (AvgIpc) is 2.61. The number of hydrogen-bond donors (Lipinski definition) is 2. The molecular formula is C20H27NO4. The van der Waals surface area contributed by atoms with Crippen LogP contribution in [0.5, 0.6) is 0 Å². The van der Waals surface area contributed by atoms with Gasteiger partial charge in [0.15, 0.2) is 0 Å². The second-order valence-corrected chi connectivity index (χ2v) is 6.90. The molecule has 25 heavy (non-hydrogen) atoms. The minimum Gasteiger partial charge on any atom is -0.481 e. The van der Waals surface area contributed by atoms with Crippen molar-refractivity contribution < 1.29 is 19.4 Å². The maximum atomic E-state index is 12.0. The van der Waals surface area contributed by atoms with E-state index in [9.17, 15) is 14.7 Å². The third-order valence-electron chi connectivity index (χ3n) is 4.74. The van der Waals surface area contributed by atoms with Crippen molar-refractivity contribution >= 4 is 18.0 Å². The maximum absolute atomic E-state index is 12.0. The molecule has 1 fully saturated rings. The van der Waals surface area contributed by atoms with E-state index >= 15 is 0 Å². The highest BCUT2D eigenvalue weighted by Crippen LogP contribution is 2.30. The zero-order chi connectivity index (χ0) is 18.3. The number of aliphatic carboxylic acids is 1. The Labute approximate surface area is 149 Å². The van der Waals surface area contributed by atoms with Gasteiger partial charge >= 0.3 is 5.97 Å². The Hall–Kier alpha value is -2.14. The van der Waals surface area contributed by atoms with Gasteiger partial charge in [0.2, 0.25) is 5.91 Å². The molecule has 0 aromatic heterocycles. The van der Waals surface area contributed by atoms with Crippen LogP contribution in [0.4, 0.5) is 0 Å².